The maximum Gasteiger partial charge on any atom is 0.325 e. The first-order chi connectivity index (χ1) is 16.5. The minimum atomic E-state index is -0.296. The summed E-state index contributed by atoms with van der Waals surface area (Å²) in [4.78, 5) is 27.6. The third-order valence-corrected chi connectivity index (χ3v) is 6.69. The second kappa shape index (κ2) is 10.9. The first kappa shape index (κ1) is 24.0. The van der Waals surface area contributed by atoms with E-state index in [-0.39, 0.29) is 30.3 Å². The summed E-state index contributed by atoms with van der Waals surface area (Å²) in [6.07, 6.45) is 4.32. The highest BCUT2D eigenvalue weighted by Crippen LogP contribution is 2.34. The maximum absolute atomic E-state index is 14.2. The molecule has 5 nitrogen and oxygen atoms in total. The number of benzene rings is 2. The molecular formula is C28H33FN2O3. The number of carbonyl (C=O) groups is 2. The average Bonchev–Trinajstić information content (AvgIpc) is 3.13. The number of esters is 1. The summed E-state index contributed by atoms with van der Waals surface area (Å²) in [7, 11) is 0. The highest BCUT2D eigenvalue weighted by atomic mass is 19.1. The quantitative estimate of drug-likeness (QED) is 0.416. The minimum absolute atomic E-state index is 0.0700. The lowest BCUT2D eigenvalue weighted by atomic mass is 9.89. The van der Waals surface area contributed by atoms with E-state index in [1.807, 2.05) is 27.7 Å². The van der Waals surface area contributed by atoms with Crippen LogP contribution in [0, 0.1) is 5.82 Å². The fraction of sp³-hybridized carbons (Fsp3) is 0.429. The lowest BCUT2D eigenvalue weighted by Crippen LogP contribution is -2.44. The van der Waals surface area contributed by atoms with Crippen molar-refractivity contribution in [2.75, 3.05) is 13.2 Å². The van der Waals surface area contributed by atoms with Crippen LogP contribution in [-0.4, -0.2) is 40.5 Å². The number of nitrogens with zero attached hydrogens (tertiary/aromatic N) is 2. The molecule has 0 bridgehead atoms. The Labute approximate surface area is 200 Å². The van der Waals surface area contributed by atoms with Crippen molar-refractivity contribution in [1.29, 1.82) is 0 Å². The number of fused-ring (bicyclic) bond motifs is 3. The summed E-state index contributed by atoms with van der Waals surface area (Å²) >= 11 is 0. The van der Waals surface area contributed by atoms with Gasteiger partial charge < -0.3 is 14.2 Å². The maximum atomic E-state index is 14.2. The van der Waals surface area contributed by atoms with Crippen molar-refractivity contribution in [2.24, 2.45) is 0 Å². The summed E-state index contributed by atoms with van der Waals surface area (Å²) in [5.74, 6) is -0.423. The van der Waals surface area contributed by atoms with E-state index >= 15 is 0 Å². The smallest absolute Gasteiger partial charge is 0.325 e. The molecule has 0 saturated heterocycles. The van der Waals surface area contributed by atoms with Gasteiger partial charge in [-0.15, -0.1) is 0 Å². The van der Waals surface area contributed by atoms with E-state index in [1.54, 1.807) is 19.1 Å². The number of rotatable bonds is 9. The summed E-state index contributed by atoms with van der Waals surface area (Å²) in [5, 5.41) is 0.831. The molecule has 0 N–H and O–H groups in total. The molecule has 1 aromatic heterocycles. The second-order valence-corrected chi connectivity index (χ2v) is 8.95. The third kappa shape index (κ3) is 5.16. The number of hydrogen-bond acceptors (Lipinski definition) is 3. The van der Waals surface area contributed by atoms with Crippen LogP contribution in [0.2, 0.25) is 0 Å². The van der Waals surface area contributed by atoms with Crippen molar-refractivity contribution in [3.05, 3.63) is 71.2 Å². The van der Waals surface area contributed by atoms with E-state index in [4.69, 9.17) is 4.74 Å². The summed E-state index contributed by atoms with van der Waals surface area (Å²) in [6, 6.07) is 14.9. The van der Waals surface area contributed by atoms with Gasteiger partial charge in [0.25, 0.3) is 0 Å². The van der Waals surface area contributed by atoms with E-state index in [9.17, 15) is 14.0 Å². The van der Waals surface area contributed by atoms with Crippen LogP contribution in [0.25, 0.3) is 10.9 Å². The molecule has 0 radical (unpaired) electrons. The van der Waals surface area contributed by atoms with Crippen LogP contribution in [0.15, 0.2) is 48.5 Å². The summed E-state index contributed by atoms with van der Waals surface area (Å²) in [5.41, 5.74) is 4.11. The predicted octanol–water partition coefficient (Wildman–Crippen LogP) is 5.07. The minimum Gasteiger partial charge on any atom is -0.465 e. The predicted molar refractivity (Wildman–Crippen MR) is 131 cm³/mol. The molecule has 180 valence electrons. The molecule has 0 fully saturated rings. The lowest BCUT2D eigenvalue weighted by molar-refractivity contribution is -0.143. The first-order valence-electron chi connectivity index (χ1n) is 12.3. The van der Waals surface area contributed by atoms with Crippen molar-refractivity contribution < 1.29 is 18.7 Å². The summed E-state index contributed by atoms with van der Waals surface area (Å²) < 4.78 is 21.4. The van der Waals surface area contributed by atoms with Crippen LogP contribution in [0.3, 0.4) is 0 Å². The largest absolute Gasteiger partial charge is 0.465 e. The van der Waals surface area contributed by atoms with Gasteiger partial charge in [0, 0.05) is 35.6 Å². The van der Waals surface area contributed by atoms with Crippen LogP contribution < -0.4 is 0 Å². The highest BCUT2D eigenvalue weighted by molar-refractivity contribution is 5.87. The molecule has 0 aliphatic heterocycles. The lowest BCUT2D eigenvalue weighted by Gasteiger charge is -2.35. The number of aromatic nitrogens is 1. The number of aryl methyl sites for hydroxylation is 1. The standard InChI is InChI=1S/C28H33FN2O3/c1-3-16-30(27(32)15-10-20-8-6-5-7-9-20)22-12-14-26-24(18-22)23-17-21(29)11-13-25(23)31(26)19-28(33)34-4-2/h5-9,11,13,17,22H,3-4,10,12,14-16,18-19H2,1-2H3/t22-/m0/s1. The Morgan fingerprint density at radius 1 is 1.15 bits per heavy atom. The first-order valence-corrected chi connectivity index (χ1v) is 12.3. The number of carbonyl (C=O) groups excluding carboxylic acids is 2. The molecule has 1 atom stereocenters. The van der Waals surface area contributed by atoms with Gasteiger partial charge in [-0.3, -0.25) is 9.59 Å². The Balaban J connectivity index is 1.59. The van der Waals surface area contributed by atoms with Gasteiger partial charge in [-0.2, -0.15) is 0 Å². The topological polar surface area (TPSA) is 51.5 Å². The molecule has 34 heavy (non-hydrogen) atoms. The van der Waals surface area contributed by atoms with Crippen LogP contribution in [0.4, 0.5) is 4.39 Å². The number of hydrogen-bond donors (Lipinski definition) is 0. The molecule has 3 aromatic rings. The van der Waals surface area contributed by atoms with E-state index in [0.29, 0.717) is 26.0 Å². The van der Waals surface area contributed by atoms with Crippen LogP contribution in [0.1, 0.15) is 49.9 Å². The van der Waals surface area contributed by atoms with Gasteiger partial charge in [-0.1, -0.05) is 37.3 Å². The molecule has 1 aliphatic carbocycles. The van der Waals surface area contributed by atoms with Gasteiger partial charge in [0.2, 0.25) is 5.91 Å². The van der Waals surface area contributed by atoms with Gasteiger partial charge >= 0.3 is 5.97 Å². The monoisotopic (exact) mass is 464 g/mol. The summed E-state index contributed by atoms with van der Waals surface area (Å²) in [6.45, 7) is 5.03. The SMILES string of the molecule is CCCN(C(=O)CCc1ccccc1)[C@H]1CCc2c(c3cc(F)ccc3n2CC(=O)OCC)C1. The van der Waals surface area contributed by atoms with Crippen molar-refractivity contribution in [3.8, 4) is 0 Å². The molecule has 6 heteroatoms. The van der Waals surface area contributed by atoms with Crippen molar-refractivity contribution >= 4 is 22.8 Å². The van der Waals surface area contributed by atoms with Gasteiger partial charge in [-0.05, 0) is 68.4 Å². The molecule has 0 saturated carbocycles. The van der Waals surface area contributed by atoms with Crippen molar-refractivity contribution in [2.45, 2.75) is 65.0 Å². The Morgan fingerprint density at radius 3 is 2.68 bits per heavy atom. The number of ether oxygens (including phenoxy) is 1. The zero-order chi connectivity index (χ0) is 24.1. The van der Waals surface area contributed by atoms with Gasteiger partial charge in [0.05, 0.1) is 6.61 Å². The van der Waals surface area contributed by atoms with Gasteiger partial charge in [0.15, 0.2) is 0 Å². The van der Waals surface area contributed by atoms with Crippen LogP contribution in [0.5, 0.6) is 0 Å². The Hall–Kier alpha value is -3.15. The zero-order valence-electron chi connectivity index (χ0n) is 20.1. The number of halogens is 1. The van der Waals surface area contributed by atoms with Crippen molar-refractivity contribution in [1.82, 2.24) is 9.47 Å². The molecular weight excluding hydrogens is 431 g/mol. The van der Waals surface area contributed by atoms with E-state index < -0.39 is 0 Å². The second-order valence-electron chi connectivity index (χ2n) is 8.95. The van der Waals surface area contributed by atoms with Gasteiger partial charge in [0.1, 0.15) is 12.4 Å². The van der Waals surface area contributed by atoms with Crippen LogP contribution in [-0.2, 0) is 40.1 Å². The number of amides is 1. The normalized spacial score (nSPS) is 15.2. The fourth-order valence-electron chi connectivity index (χ4n) is 5.18. The molecule has 1 amide bonds. The molecule has 0 unspecified atom stereocenters. The fourth-order valence-corrected chi connectivity index (χ4v) is 5.18. The molecule has 4 rings (SSSR count). The van der Waals surface area contributed by atoms with Gasteiger partial charge in [-0.25, -0.2) is 4.39 Å². The van der Waals surface area contributed by atoms with E-state index in [1.165, 1.54) is 6.07 Å². The zero-order valence-corrected chi connectivity index (χ0v) is 20.1. The Kier molecular flexibility index (Phi) is 7.66. The van der Waals surface area contributed by atoms with Crippen molar-refractivity contribution in [3.63, 3.8) is 0 Å². The highest BCUT2D eigenvalue weighted by Gasteiger charge is 2.31. The third-order valence-electron chi connectivity index (χ3n) is 6.69. The average molecular weight is 465 g/mol. The van der Waals surface area contributed by atoms with E-state index in [2.05, 4.69) is 19.1 Å². The van der Waals surface area contributed by atoms with Crippen LogP contribution >= 0.6 is 0 Å². The molecule has 1 aliphatic rings. The Bertz CT molecular complexity index is 1160. The molecule has 2 aromatic carbocycles. The molecule has 1 heterocycles. The Morgan fingerprint density at radius 2 is 1.94 bits per heavy atom. The molecule has 0 spiro atoms. The van der Waals surface area contributed by atoms with E-state index in [0.717, 1.165) is 53.4 Å².